The second kappa shape index (κ2) is 8.82. The van der Waals surface area contributed by atoms with Gasteiger partial charge in [0.1, 0.15) is 5.75 Å². The highest BCUT2D eigenvalue weighted by Crippen LogP contribution is 2.34. The number of nitrogens with zero attached hydrogens (tertiary/aromatic N) is 1. The average Bonchev–Trinajstić information content (AvgIpc) is 3.11. The van der Waals surface area contributed by atoms with Gasteiger partial charge in [-0.1, -0.05) is 17.7 Å². The summed E-state index contributed by atoms with van der Waals surface area (Å²) in [6.07, 6.45) is 1.91. The summed E-state index contributed by atoms with van der Waals surface area (Å²) in [4.78, 5) is 12.6. The number of nitrogens with one attached hydrogen (secondary N) is 3. The van der Waals surface area contributed by atoms with E-state index in [0.29, 0.717) is 17.4 Å². The Morgan fingerprint density at radius 3 is 2.89 bits per heavy atom. The molecule has 0 aliphatic carbocycles. The average molecular weight is 421 g/mol. The molecule has 0 spiro atoms. The summed E-state index contributed by atoms with van der Waals surface area (Å²) < 4.78 is 5.31. The Morgan fingerprint density at radius 1 is 1.29 bits per heavy atom. The van der Waals surface area contributed by atoms with E-state index < -0.39 is 0 Å². The molecule has 1 atom stereocenters. The quantitative estimate of drug-likeness (QED) is 0.589. The van der Waals surface area contributed by atoms with E-state index in [1.54, 1.807) is 7.11 Å². The summed E-state index contributed by atoms with van der Waals surface area (Å²) in [6.45, 7) is 1.68. The number of halogens is 2. The predicted octanol–water partition coefficient (Wildman–Crippen LogP) is 4.25. The van der Waals surface area contributed by atoms with Crippen LogP contribution >= 0.6 is 24.0 Å². The van der Waals surface area contributed by atoms with Crippen LogP contribution in [0.4, 0.5) is 5.82 Å². The molecule has 4 rings (SSSR count). The lowest BCUT2D eigenvalue weighted by molar-refractivity contribution is -0.120. The number of aromatic nitrogens is 2. The van der Waals surface area contributed by atoms with Crippen LogP contribution in [0.25, 0.3) is 22.0 Å². The molecule has 1 fully saturated rings. The number of hydrogen-bond acceptors (Lipinski definition) is 4. The van der Waals surface area contributed by atoms with Crippen molar-refractivity contribution in [1.29, 1.82) is 0 Å². The minimum absolute atomic E-state index is 0. The first-order chi connectivity index (χ1) is 13.2. The molecule has 1 amide bonds. The monoisotopic (exact) mass is 420 g/mol. The maximum Gasteiger partial charge on any atom is 0.229 e. The van der Waals surface area contributed by atoms with Gasteiger partial charge in [0.05, 0.1) is 18.5 Å². The van der Waals surface area contributed by atoms with E-state index in [1.165, 1.54) is 0 Å². The third-order valence-electron chi connectivity index (χ3n) is 4.96. The summed E-state index contributed by atoms with van der Waals surface area (Å²) in [6, 6.07) is 11.4. The number of hydrogen-bond donors (Lipinski definition) is 3. The van der Waals surface area contributed by atoms with Gasteiger partial charge in [-0.3, -0.25) is 9.89 Å². The third-order valence-corrected chi connectivity index (χ3v) is 5.29. The molecular formula is C20H22Cl2N4O2. The van der Waals surface area contributed by atoms with Crippen molar-refractivity contribution in [2.75, 3.05) is 25.5 Å². The van der Waals surface area contributed by atoms with Gasteiger partial charge in [-0.05, 0) is 55.3 Å². The highest BCUT2D eigenvalue weighted by molar-refractivity contribution is 6.33. The molecule has 0 saturated carbocycles. The van der Waals surface area contributed by atoms with Crippen molar-refractivity contribution in [3.05, 3.63) is 41.4 Å². The zero-order valence-corrected chi connectivity index (χ0v) is 17.0. The number of H-pyrrole nitrogens is 1. The molecule has 1 saturated heterocycles. The molecule has 28 heavy (non-hydrogen) atoms. The number of rotatable bonds is 4. The van der Waals surface area contributed by atoms with Crippen LogP contribution < -0.4 is 15.4 Å². The maximum absolute atomic E-state index is 12.6. The summed E-state index contributed by atoms with van der Waals surface area (Å²) >= 11 is 6.38. The maximum atomic E-state index is 12.6. The predicted molar refractivity (Wildman–Crippen MR) is 115 cm³/mol. The van der Waals surface area contributed by atoms with E-state index in [9.17, 15) is 4.79 Å². The molecule has 1 aromatic heterocycles. The number of anilines is 1. The third kappa shape index (κ3) is 4.09. The molecule has 3 aromatic rings. The van der Waals surface area contributed by atoms with E-state index in [0.717, 1.165) is 47.2 Å². The largest absolute Gasteiger partial charge is 0.497 e. The molecule has 2 heterocycles. The minimum atomic E-state index is -0.0264. The normalized spacial score (nSPS) is 16.4. The molecule has 6 nitrogen and oxygen atoms in total. The van der Waals surface area contributed by atoms with E-state index in [1.807, 2.05) is 36.4 Å². The number of methoxy groups -OCH3 is 1. The van der Waals surface area contributed by atoms with Crippen molar-refractivity contribution in [3.8, 4) is 16.9 Å². The Hall–Kier alpha value is -2.28. The second-order valence-electron chi connectivity index (χ2n) is 6.71. The summed E-state index contributed by atoms with van der Waals surface area (Å²) in [7, 11) is 1.63. The Morgan fingerprint density at radius 2 is 2.14 bits per heavy atom. The summed E-state index contributed by atoms with van der Waals surface area (Å²) in [5, 5.41) is 15.0. The molecule has 3 N–H and O–H groups in total. The van der Waals surface area contributed by atoms with Gasteiger partial charge in [0.2, 0.25) is 5.91 Å². The van der Waals surface area contributed by atoms with Crippen LogP contribution in [-0.4, -0.2) is 36.3 Å². The van der Waals surface area contributed by atoms with Gasteiger partial charge in [-0.15, -0.1) is 12.4 Å². The zero-order chi connectivity index (χ0) is 18.8. The number of benzene rings is 2. The molecular weight excluding hydrogens is 399 g/mol. The molecule has 148 valence electrons. The SMILES string of the molecule is COc1ccc(Cl)c(-c2ccc3[nH]nc(NC(=O)[C@@H]4CCCNC4)c3c2)c1.Cl. The molecule has 0 radical (unpaired) electrons. The van der Waals surface area contributed by atoms with Gasteiger partial charge in [-0.2, -0.15) is 5.10 Å². The van der Waals surface area contributed by atoms with Crippen molar-refractivity contribution >= 4 is 46.6 Å². The number of fused-ring (bicyclic) bond motifs is 1. The fourth-order valence-corrected chi connectivity index (χ4v) is 3.65. The standard InChI is InChI=1S/C20H21ClN4O2.ClH/c1-27-14-5-6-17(21)15(10-14)12-4-7-18-16(9-12)19(25-24-18)23-20(26)13-3-2-8-22-11-13;/h4-7,9-10,13,22H,2-3,8,11H2,1H3,(H2,23,24,25,26);1H/t13-;/m1./s1. The first-order valence-corrected chi connectivity index (χ1v) is 9.37. The molecule has 1 aliphatic heterocycles. The minimum Gasteiger partial charge on any atom is -0.497 e. The molecule has 0 unspecified atom stereocenters. The first-order valence-electron chi connectivity index (χ1n) is 8.99. The lowest BCUT2D eigenvalue weighted by atomic mass is 9.99. The van der Waals surface area contributed by atoms with Gasteiger partial charge in [0.25, 0.3) is 0 Å². The molecule has 2 aromatic carbocycles. The molecule has 1 aliphatic rings. The first kappa shape index (κ1) is 20.5. The van der Waals surface area contributed by atoms with Crippen LogP contribution in [0.3, 0.4) is 0 Å². The van der Waals surface area contributed by atoms with Crippen molar-refractivity contribution in [1.82, 2.24) is 15.5 Å². The zero-order valence-electron chi connectivity index (χ0n) is 15.4. The Labute approximate surface area is 174 Å². The van der Waals surface area contributed by atoms with Crippen LogP contribution in [0, 0.1) is 5.92 Å². The van der Waals surface area contributed by atoms with Crippen LogP contribution in [0.15, 0.2) is 36.4 Å². The van der Waals surface area contributed by atoms with Gasteiger partial charge in [0.15, 0.2) is 5.82 Å². The highest BCUT2D eigenvalue weighted by Gasteiger charge is 2.22. The fourth-order valence-electron chi connectivity index (χ4n) is 3.42. The fraction of sp³-hybridized carbons (Fsp3) is 0.300. The van der Waals surface area contributed by atoms with Gasteiger partial charge in [0, 0.05) is 22.5 Å². The number of amides is 1. The lowest BCUT2D eigenvalue weighted by Crippen LogP contribution is -2.37. The van der Waals surface area contributed by atoms with Crippen LogP contribution in [0.1, 0.15) is 12.8 Å². The van der Waals surface area contributed by atoms with Crippen molar-refractivity contribution in [2.45, 2.75) is 12.8 Å². The van der Waals surface area contributed by atoms with Gasteiger partial charge < -0.3 is 15.4 Å². The number of carbonyl (C=O) groups excluding carboxylic acids is 1. The topological polar surface area (TPSA) is 79.0 Å². The summed E-state index contributed by atoms with van der Waals surface area (Å²) in [5.74, 6) is 1.25. The smallest absolute Gasteiger partial charge is 0.229 e. The van der Waals surface area contributed by atoms with Gasteiger partial charge in [-0.25, -0.2) is 0 Å². The second-order valence-corrected chi connectivity index (χ2v) is 7.12. The Kier molecular flexibility index (Phi) is 6.44. The number of ether oxygens (including phenoxy) is 1. The number of aromatic amines is 1. The van der Waals surface area contributed by atoms with E-state index in [4.69, 9.17) is 16.3 Å². The van der Waals surface area contributed by atoms with Gasteiger partial charge >= 0.3 is 0 Å². The van der Waals surface area contributed by atoms with Crippen LogP contribution in [0.2, 0.25) is 5.02 Å². The van der Waals surface area contributed by atoms with E-state index in [-0.39, 0.29) is 24.2 Å². The summed E-state index contributed by atoms with van der Waals surface area (Å²) in [5.41, 5.74) is 2.66. The Balaban J connectivity index is 0.00000225. The number of piperidine rings is 1. The van der Waals surface area contributed by atoms with E-state index in [2.05, 4.69) is 20.8 Å². The molecule has 8 heteroatoms. The molecule has 0 bridgehead atoms. The van der Waals surface area contributed by atoms with Crippen molar-refractivity contribution < 1.29 is 9.53 Å². The van der Waals surface area contributed by atoms with Crippen LogP contribution in [-0.2, 0) is 4.79 Å². The highest BCUT2D eigenvalue weighted by atomic mass is 35.5. The lowest BCUT2D eigenvalue weighted by Gasteiger charge is -2.21. The van der Waals surface area contributed by atoms with Crippen molar-refractivity contribution in [2.24, 2.45) is 5.92 Å². The van der Waals surface area contributed by atoms with Crippen LogP contribution in [0.5, 0.6) is 5.75 Å². The number of carbonyl (C=O) groups is 1. The Bertz CT molecular complexity index is 983. The van der Waals surface area contributed by atoms with E-state index >= 15 is 0 Å². The van der Waals surface area contributed by atoms with Crippen molar-refractivity contribution in [3.63, 3.8) is 0 Å².